The maximum Gasteiger partial charge on any atom is 0.212 e. The van der Waals surface area contributed by atoms with Crippen LogP contribution in [0.15, 0.2) is 204 Å². The van der Waals surface area contributed by atoms with Gasteiger partial charge in [-0.3, -0.25) is 0 Å². The highest BCUT2D eigenvalue weighted by molar-refractivity contribution is 6.03. The molecule has 402 valence electrons. The third-order valence-corrected chi connectivity index (χ3v) is 14.6. The molecule has 0 bridgehead atoms. The fourth-order valence-electron chi connectivity index (χ4n) is 10.7. The highest BCUT2D eigenvalue weighted by Gasteiger charge is 2.42. The third-order valence-electron chi connectivity index (χ3n) is 14.6. The minimum Gasteiger partial charge on any atom is -0.347 e. The quantitative estimate of drug-likeness (QED) is 0.157. The molecule has 76 heavy (non-hydrogen) atoms. The van der Waals surface area contributed by atoms with Crippen LogP contribution in [-0.4, -0.2) is 31.4 Å². The Balaban J connectivity index is 0.000000283. The second-order valence-electron chi connectivity index (χ2n) is 19.6. The number of pyridine rings is 1. The van der Waals surface area contributed by atoms with Crippen molar-refractivity contribution in [3.8, 4) is 0 Å². The summed E-state index contributed by atoms with van der Waals surface area (Å²) in [4.78, 5) is 4.62. The summed E-state index contributed by atoms with van der Waals surface area (Å²) in [5.74, 6) is 0. The molecule has 0 unspecified atom stereocenters. The van der Waals surface area contributed by atoms with Crippen LogP contribution in [0.3, 0.4) is 0 Å². The maximum atomic E-state index is 2.40. The van der Waals surface area contributed by atoms with Crippen molar-refractivity contribution in [2.75, 3.05) is 30.9 Å². The van der Waals surface area contributed by atoms with Crippen molar-refractivity contribution in [3.63, 3.8) is 0 Å². The monoisotopic (exact) mass is 1020 g/mol. The van der Waals surface area contributed by atoms with Gasteiger partial charge in [0.1, 0.15) is 14.1 Å². The zero-order valence-corrected chi connectivity index (χ0v) is 50.4. The normalized spacial score (nSPS) is 18.6. The van der Waals surface area contributed by atoms with Crippen LogP contribution >= 0.6 is 0 Å². The summed E-state index contributed by atoms with van der Waals surface area (Å²) >= 11 is 0. The highest BCUT2D eigenvalue weighted by Crippen LogP contribution is 2.47. The second-order valence-corrected chi connectivity index (χ2v) is 19.6. The van der Waals surface area contributed by atoms with Crippen LogP contribution in [-0.2, 0) is 17.9 Å². The zero-order chi connectivity index (χ0) is 56.0. The van der Waals surface area contributed by atoms with Crippen molar-refractivity contribution in [2.45, 2.75) is 146 Å². The minimum absolute atomic E-state index is 0.0216. The lowest BCUT2D eigenvalue weighted by atomic mass is 9.81. The van der Waals surface area contributed by atoms with Gasteiger partial charge in [0.25, 0.3) is 0 Å². The van der Waals surface area contributed by atoms with E-state index < -0.39 is 0 Å². The lowest BCUT2D eigenvalue weighted by Crippen LogP contribution is -2.32. The van der Waals surface area contributed by atoms with Gasteiger partial charge >= 0.3 is 0 Å². The Bertz CT molecular complexity index is 3020. The van der Waals surface area contributed by atoms with E-state index in [1.807, 2.05) is 69.2 Å². The van der Waals surface area contributed by atoms with Gasteiger partial charge in [0.2, 0.25) is 16.9 Å². The van der Waals surface area contributed by atoms with Crippen molar-refractivity contribution < 1.29 is 9.14 Å². The van der Waals surface area contributed by atoms with E-state index >= 15 is 0 Å². The van der Waals surface area contributed by atoms with Crippen LogP contribution in [0.25, 0.3) is 23.1 Å². The molecule has 0 saturated heterocycles. The Morgan fingerprint density at radius 3 is 1.64 bits per heavy atom. The number of para-hydroxylation sites is 4. The number of hydrogen-bond acceptors (Lipinski definition) is 2. The largest absolute Gasteiger partial charge is 0.347 e. The van der Waals surface area contributed by atoms with Gasteiger partial charge in [-0.1, -0.05) is 192 Å². The van der Waals surface area contributed by atoms with Crippen LogP contribution in [0.5, 0.6) is 0 Å². The van der Waals surface area contributed by atoms with Crippen LogP contribution in [0.1, 0.15) is 158 Å². The molecule has 0 spiro atoms. The van der Waals surface area contributed by atoms with Crippen LogP contribution in [0.4, 0.5) is 17.1 Å². The molecular weight excluding hydrogens is 921 g/mol. The number of nitrogens with zero attached hydrogens (tertiary/aromatic N) is 4. The first-order valence-corrected chi connectivity index (χ1v) is 28.9. The molecular formula is C72H96N4+2. The highest BCUT2D eigenvalue weighted by atomic mass is 15.2. The van der Waals surface area contributed by atoms with Gasteiger partial charge in [-0.2, -0.15) is 9.14 Å². The zero-order valence-electron chi connectivity index (χ0n) is 50.4. The molecule has 10 rings (SSSR count). The molecule has 0 N–H and O–H groups in total. The average Bonchev–Trinajstić information content (AvgIpc) is 3.82. The Morgan fingerprint density at radius 2 is 1.01 bits per heavy atom. The van der Waals surface area contributed by atoms with E-state index in [-0.39, 0.29) is 10.8 Å². The summed E-state index contributed by atoms with van der Waals surface area (Å²) in [6.07, 6.45) is 34.6. The third kappa shape index (κ3) is 14.4. The Morgan fingerprint density at radius 1 is 0.474 bits per heavy atom. The minimum atomic E-state index is 0.0216. The number of likely N-dealkylation sites (N-methyl/N-ethyl adjacent to an activating group) is 2. The smallest absolute Gasteiger partial charge is 0.212 e. The number of fused-ring (bicyclic) bond motifs is 4. The lowest BCUT2D eigenvalue weighted by molar-refractivity contribution is -0.646. The van der Waals surface area contributed by atoms with Crippen LogP contribution in [0.2, 0.25) is 0 Å². The number of anilines is 2. The topological polar surface area (TPSA) is 13.4 Å². The van der Waals surface area contributed by atoms with Gasteiger partial charge < -0.3 is 9.80 Å². The fraction of sp³-hybridized carbons (Fsp3) is 0.361. The van der Waals surface area contributed by atoms with E-state index in [0.29, 0.717) is 0 Å². The van der Waals surface area contributed by atoms with Gasteiger partial charge in [0, 0.05) is 83.6 Å². The predicted molar refractivity (Wildman–Crippen MR) is 338 cm³/mol. The molecule has 0 saturated carbocycles. The van der Waals surface area contributed by atoms with E-state index in [2.05, 4.69) is 257 Å². The predicted octanol–water partition coefficient (Wildman–Crippen LogP) is 19.5. The number of hydrogen-bond donors (Lipinski definition) is 0. The molecule has 0 amide bonds. The summed E-state index contributed by atoms with van der Waals surface area (Å²) < 4.78 is 4.62. The van der Waals surface area contributed by atoms with Gasteiger partial charge in [0.05, 0.1) is 5.41 Å². The van der Waals surface area contributed by atoms with Gasteiger partial charge in [-0.05, 0) is 128 Å². The molecule has 3 aliphatic heterocycles. The second kappa shape index (κ2) is 30.1. The molecule has 4 nitrogen and oxygen atoms in total. The lowest BCUT2D eigenvalue weighted by Gasteiger charge is -2.26. The number of aromatic nitrogens is 1. The molecule has 2 aliphatic carbocycles. The van der Waals surface area contributed by atoms with Crippen LogP contribution in [0, 0.1) is 0 Å². The molecule has 0 fully saturated rings. The molecule has 4 aromatic carbocycles. The average molecular weight is 1020 g/mol. The summed E-state index contributed by atoms with van der Waals surface area (Å²) in [5.41, 5.74) is 20.1. The van der Waals surface area contributed by atoms with Crippen molar-refractivity contribution in [2.24, 2.45) is 7.05 Å². The summed E-state index contributed by atoms with van der Waals surface area (Å²) in [5, 5.41) is 1.27. The van der Waals surface area contributed by atoms with Crippen molar-refractivity contribution in [1.29, 1.82) is 0 Å². The first kappa shape index (κ1) is 61.8. The summed E-state index contributed by atoms with van der Waals surface area (Å²) in [6.45, 7) is 29.3. The first-order valence-electron chi connectivity index (χ1n) is 28.9. The van der Waals surface area contributed by atoms with Gasteiger partial charge in [0.15, 0.2) is 5.71 Å². The molecule has 5 aromatic rings. The Hall–Kier alpha value is -6.78. The molecule has 4 heteroatoms. The van der Waals surface area contributed by atoms with Crippen LogP contribution < -0.4 is 14.4 Å². The summed E-state index contributed by atoms with van der Waals surface area (Å²) in [6, 6.07) is 39.0. The van der Waals surface area contributed by atoms with Gasteiger partial charge in [-0.25, -0.2) is 0 Å². The Kier molecular flexibility index (Phi) is 24.5. The maximum absolute atomic E-state index is 2.40. The van der Waals surface area contributed by atoms with E-state index in [1.54, 1.807) is 0 Å². The SMILES string of the molecule is CC.CC.CC.CC.CC.CN1/C(=C/C=C2C=C(/C=C/C3=[N+](C)c4ccccc4C3(C)C)CCC/2)C(C)(C)c2ccccc21.CN1/C(=C/C=C2C=C(/C=C/c3ccc4ccccc4[n+]3C)CCC/2)C=Cc2ccccc21. The van der Waals surface area contributed by atoms with Crippen molar-refractivity contribution in [3.05, 3.63) is 226 Å². The number of aryl methyl sites for hydroxylation is 1. The Labute approximate surface area is 463 Å². The fourth-order valence-corrected chi connectivity index (χ4v) is 10.7. The van der Waals surface area contributed by atoms with Gasteiger partial charge in [-0.15, -0.1) is 0 Å². The summed E-state index contributed by atoms with van der Waals surface area (Å²) in [7, 11) is 8.66. The molecule has 0 radical (unpaired) electrons. The molecule has 4 heterocycles. The van der Waals surface area contributed by atoms with E-state index in [4.69, 9.17) is 0 Å². The number of benzene rings is 4. The van der Waals surface area contributed by atoms with Crippen molar-refractivity contribution in [1.82, 2.24) is 0 Å². The van der Waals surface area contributed by atoms with Crippen molar-refractivity contribution >= 4 is 45.8 Å². The molecule has 5 aliphatic rings. The molecule has 1 aromatic heterocycles. The van der Waals surface area contributed by atoms with E-state index in [1.165, 1.54) is 103 Å². The van der Waals surface area contributed by atoms with E-state index in [9.17, 15) is 0 Å². The first-order chi connectivity index (χ1) is 36.9. The number of allylic oxidation sites excluding steroid dienone is 15. The number of rotatable bonds is 6. The standard InChI is InChI=1S/C32H37N2.C30H29N2.5C2H6/c1-31(2)25-14-7-9-16-27(25)33(5)29(31)20-18-23-12-11-13-24(22-23)19-21-30-32(3,4)26-15-8-10-17-28(26)34(30)6;1-31-27(20-16-25-10-3-5-12-29(25)31)18-14-23-8-7-9-24(22-23)15-19-28-21-17-26-11-4-6-13-30(26)32(28)2;5*1-2/h7-10,14-22H,11-13H2,1-6H3;3-6,10-22H,7-9H2,1-2H3;5*1-2H3/q2*+1;;;;;. The van der Waals surface area contributed by atoms with E-state index in [0.717, 1.165) is 25.7 Å². The molecule has 0 atom stereocenters.